The predicted molar refractivity (Wildman–Crippen MR) is 90.6 cm³/mol. The third-order valence-corrected chi connectivity index (χ3v) is 3.67. The molecule has 0 saturated carbocycles. The van der Waals surface area contributed by atoms with Gasteiger partial charge in [0.1, 0.15) is 10.7 Å². The molecule has 0 bridgehead atoms. The SMILES string of the molecule is CCn1c(C)nc2cc(C(=O)N/N=C\c3ccc([N+](=O)[O-])o3)ccc21. The molecule has 0 spiro atoms. The quantitative estimate of drug-likeness (QED) is 0.435. The number of nitrogens with one attached hydrogen (secondary N) is 1. The topological polar surface area (TPSA) is 116 Å². The predicted octanol–water partition coefficient (Wildman–Crippen LogP) is 2.63. The normalized spacial score (nSPS) is 11.3. The molecule has 2 heterocycles. The van der Waals surface area contributed by atoms with Crippen molar-refractivity contribution in [1.29, 1.82) is 0 Å². The summed E-state index contributed by atoms with van der Waals surface area (Å²) in [7, 11) is 0. The highest BCUT2D eigenvalue weighted by molar-refractivity contribution is 5.97. The van der Waals surface area contributed by atoms with Crippen molar-refractivity contribution < 1.29 is 14.1 Å². The molecule has 2 aromatic heterocycles. The van der Waals surface area contributed by atoms with Crippen LogP contribution in [0.4, 0.5) is 5.88 Å². The van der Waals surface area contributed by atoms with E-state index in [1.807, 2.05) is 19.9 Å². The lowest BCUT2D eigenvalue weighted by Crippen LogP contribution is -2.17. The number of amides is 1. The van der Waals surface area contributed by atoms with Crippen molar-refractivity contribution >= 4 is 29.0 Å². The number of carbonyl (C=O) groups is 1. The number of imidazole rings is 1. The first-order valence-corrected chi connectivity index (χ1v) is 7.54. The molecule has 9 nitrogen and oxygen atoms in total. The standard InChI is InChI=1S/C16H15N5O4/c1-3-20-10(2)18-13-8-11(4-6-14(13)20)16(22)19-17-9-12-5-7-15(25-12)21(23)24/h4-9H,3H2,1-2H3,(H,19,22)/b17-9-. The van der Waals surface area contributed by atoms with Gasteiger partial charge in [0, 0.05) is 12.1 Å². The molecule has 1 aromatic carbocycles. The molecule has 3 rings (SSSR count). The van der Waals surface area contributed by atoms with Crippen LogP contribution in [0, 0.1) is 17.0 Å². The fraction of sp³-hybridized carbons (Fsp3) is 0.188. The van der Waals surface area contributed by atoms with E-state index in [2.05, 4.69) is 20.1 Å². The number of hydrogen-bond donors (Lipinski definition) is 1. The number of nitro groups is 1. The molecule has 1 amide bonds. The molecule has 0 aliphatic heterocycles. The number of aromatic nitrogens is 2. The maximum atomic E-state index is 12.2. The minimum atomic E-state index is -0.650. The second-order valence-electron chi connectivity index (χ2n) is 5.24. The molecule has 128 valence electrons. The summed E-state index contributed by atoms with van der Waals surface area (Å²) in [5.41, 5.74) is 4.46. The lowest BCUT2D eigenvalue weighted by Gasteiger charge is -2.02. The number of hydrazone groups is 1. The molecule has 0 radical (unpaired) electrons. The summed E-state index contributed by atoms with van der Waals surface area (Å²) in [6, 6.07) is 7.83. The van der Waals surface area contributed by atoms with Crippen LogP contribution in [0.25, 0.3) is 11.0 Å². The Morgan fingerprint density at radius 2 is 2.24 bits per heavy atom. The van der Waals surface area contributed by atoms with Crippen molar-refractivity contribution in [3.05, 3.63) is 57.6 Å². The van der Waals surface area contributed by atoms with Crippen LogP contribution in [0.5, 0.6) is 0 Å². The Labute approximate surface area is 142 Å². The second-order valence-corrected chi connectivity index (χ2v) is 5.24. The first-order chi connectivity index (χ1) is 12.0. The van der Waals surface area contributed by atoms with Crippen LogP contribution in [0.3, 0.4) is 0 Å². The summed E-state index contributed by atoms with van der Waals surface area (Å²) < 4.78 is 6.96. The van der Waals surface area contributed by atoms with Crippen LogP contribution in [0.15, 0.2) is 39.9 Å². The van der Waals surface area contributed by atoms with Gasteiger partial charge in [-0.1, -0.05) is 0 Å². The van der Waals surface area contributed by atoms with Gasteiger partial charge in [0.05, 0.1) is 23.3 Å². The highest BCUT2D eigenvalue weighted by Gasteiger charge is 2.12. The van der Waals surface area contributed by atoms with E-state index in [9.17, 15) is 14.9 Å². The van der Waals surface area contributed by atoms with Gasteiger partial charge in [-0.3, -0.25) is 14.9 Å². The number of rotatable bonds is 5. The molecular formula is C16H15N5O4. The lowest BCUT2D eigenvalue weighted by atomic mass is 10.2. The van der Waals surface area contributed by atoms with Crippen LogP contribution in [0.2, 0.25) is 0 Å². The number of carbonyl (C=O) groups excluding carboxylic acids is 1. The van der Waals surface area contributed by atoms with Gasteiger partial charge < -0.3 is 8.98 Å². The maximum absolute atomic E-state index is 12.2. The Balaban J connectivity index is 1.73. The first kappa shape index (κ1) is 16.4. The Morgan fingerprint density at radius 3 is 2.92 bits per heavy atom. The van der Waals surface area contributed by atoms with Crippen LogP contribution in [0.1, 0.15) is 28.9 Å². The van der Waals surface area contributed by atoms with Crippen LogP contribution in [-0.4, -0.2) is 26.6 Å². The third-order valence-electron chi connectivity index (χ3n) is 3.67. The van der Waals surface area contributed by atoms with E-state index in [1.165, 1.54) is 18.3 Å². The van der Waals surface area contributed by atoms with Crippen LogP contribution in [-0.2, 0) is 6.54 Å². The smallest absolute Gasteiger partial charge is 0.400 e. The molecular weight excluding hydrogens is 326 g/mol. The minimum Gasteiger partial charge on any atom is -0.400 e. The molecule has 0 saturated heterocycles. The van der Waals surface area contributed by atoms with E-state index in [4.69, 9.17) is 4.42 Å². The summed E-state index contributed by atoms with van der Waals surface area (Å²) in [5, 5.41) is 14.3. The van der Waals surface area contributed by atoms with Gasteiger partial charge in [-0.05, 0) is 38.1 Å². The molecule has 9 heteroatoms. The number of aryl methyl sites for hydroxylation is 2. The molecule has 3 aromatic rings. The molecule has 0 aliphatic carbocycles. The summed E-state index contributed by atoms with van der Waals surface area (Å²) in [6.07, 6.45) is 1.19. The van der Waals surface area contributed by atoms with Gasteiger partial charge in [0.15, 0.2) is 5.76 Å². The Hall–Kier alpha value is -3.49. The highest BCUT2D eigenvalue weighted by atomic mass is 16.6. The number of fused-ring (bicyclic) bond motifs is 1. The van der Waals surface area contributed by atoms with Crippen molar-refractivity contribution in [2.45, 2.75) is 20.4 Å². The lowest BCUT2D eigenvalue weighted by molar-refractivity contribution is -0.402. The molecule has 0 atom stereocenters. The zero-order valence-corrected chi connectivity index (χ0v) is 13.6. The Bertz CT molecular complexity index is 986. The van der Waals surface area contributed by atoms with Crippen LogP contribution >= 0.6 is 0 Å². The summed E-state index contributed by atoms with van der Waals surface area (Å²) in [5.74, 6) is 0.246. The molecule has 1 N–H and O–H groups in total. The van der Waals surface area contributed by atoms with E-state index in [1.54, 1.807) is 12.1 Å². The van der Waals surface area contributed by atoms with E-state index in [0.29, 0.717) is 5.56 Å². The van der Waals surface area contributed by atoms with Gasteiger partial charge in [0.2, 0.25) is 0 Å². The molecule has 0 fully saturated rings. The first-order valence-electron chi connectivity index (χ1n) is 7.54. The highest BCUT2D eigenvalue weighted by Crippen LogP contribution is 2.18. The summed E-state index contributed by atoms with van der Waals surface area (Å²) in [6.45, 7) is 4.74. The number of nitrogens with zero attached hydrogens (tertiary/aromatic N) is 4. The van der Waals surface area contributed by atoms with Crippen molar-refractivity contribution in [1.82, 2.24) is 15.0 Å². The van der Waals surface area contributed by atoms with E-state index in [0.717, 1.165) is 23.4 Å². The van der Waals surface area contributed by atoms with Gasteiger partial charge >= 0.3 is 5.88 Å². The van der Waals surface area contributed by atoms with E-state index >= 15 is 0 Å². The fourth-order valence-electron chi connectivity index (χ4n) is 2.52. The van der Waals surface area contributed by atoms with Gasteiger partial charge in [-0.2, -0.15) is 5.10 Å². The number of furan rings is 1. The molecule has 0 aliphatic rings. The van der Waals surface area contributed by atoms with Crippen molar-refractivity contribution in [3.63, 3.8) is 0 Å². The van der Waals surface area contributed by atoms with E-state index in [-0.39, 0.29) is 11.6 Å². The Kier molecular flexibility index (Phi) is 4.29. The second kappa shape index (κ2) is 6.56. The van der Waals surface area contributed by atoms with E-state index < -0.39 is 10.8 Å². The summed E-state index contributed by atoms with van der Waals surface area (Å²) >= 11 is 0. The fourth-order valence-corrected chi connectivity index (χ4v) is 2.52. The van der Waals surface area contributed by atoms with Gasteiger partial charge in [0.25, 0.3) is 5.91 Å². The van der Waals surface area contributed by atoms with Gasteiger partial charge in [-0.25, -0.2) is 10.4 Å². The van der Waals surface area contributed by atoms with Crippen molar-refractivity contribution in [3.8, 4) is 0 Å². The zero-order chi connectivity index (χ0) is 18.0. The third kappa shape index (κ3) is 3.25. The van der Waals surface area contributed by atoms with Gasteiger partial charge in [-0.15, -0.1) is 0 Å². The number of benzene rings is 1. The van der Waals surface area contributed by atoms with Crippen molar-refractivity contribution in [2.75, 3.05) is 0 Å². The number of hydrogen-bond acceptors (Lipinski definition) is 6. The average Bonchev–Trinajstić information content (AvgIpc) is 3.17. The van der Waals surface area contributed by atoms with Crippen molar-refractivity contribution in [2.24, 2.45) is 5.10 Å². The largest absolute Gasteiger partial charge is 0.433 e. The minimum absolute atomic E-state index is 0.166. The molecule has 0 unspecified atom stereocenters. The zero-order valence-electron chi connectivity index (χ0n) is 13.6. The Morgan fingerprint density at radius 1 is 1.44 bits per heavy atom. The van der Waals surface area contributed by atoms with Crippen LogP contribution < -0.4 is 5.43 Å². The average molecular weight is 341 g/mol. The monoisotopic (exact) mass is 341 g/mol. The summed E-state index contributed by atoms with van der Waals surface area (Å²) in [4.78, 5) is 26.5. The maximum Gasteiger partial charge on any atom is 0.433 e. The molecule has 25 heavy (non-hydrogen) atoms.